The molecule has 1 N–H and O–H groups in total. The van der Waals surface area contributed by atoms with Crippen LogP contribution in [0.15, 0.2) is 41.1 Å². The molecule has 6 nitrogen and oxygen atoms in total. The predicted octanol–water partition coefficient (Wildman–Crippen LogP) is 2.93. The molecule has 0 aliphatic rings. The monoisotopic (exact) mass is 286 g/mol. The molecule has 0 saturated heterocycles. The van der Waals surface area contributed by atoms with Crippen LogP contribution in [0.4, 0.5) is 0 Å². The van der Waals surface area contributed by atoms with Crippen molar-refractivity contribution in [1.29, 1.82) is 0 Å². The van der Waals surface area contributed by atoms with Gasteiger partial charge in [0, 0.05) is 11.9 Å². The fourth-order valence-electron chi connectivity index (χ4n) is 2.17. The molecule has 0 spiro atoms. The quantitative estimate of drug-likeness (QED) is 0.780. The lowest BCUT2D eigenvalue weighted by molar-refractivity contribution is 0.0693. The summed E-state index contributed by atoms with van der Waals surface area (Å²) in [6.07, 6.45) is 3.34. The average molecular weight is 286 g/mol. The highest BCUT2D eigenvalue weighted by Crippen LogP contribution is 2.26. The second-order valence-electron chi connectivity index (χ2n) is 4.52. The third-order valence-electron chi connectivity index (χ3n) is 3.19. The number of carbonyl (C=O) groups is 1. The SMILES string of the molecule is CCn1cc(OCc2oc3ccccc3c2C(=O)O)cn1. The molecule has 0 aliphatic carbocycles. The fourth-order valence-corrected chi connectivity index (χ4v) is 2.17. The van der Waals surface area contributed by atoms with Gasteiger partial charge < -0.3 is 14.3 Å². The van der Waals surface area contributed by atoms with Crippen LogP contribution in [0, 0.1) is 0 Å². The molecule has 0 saturated carbocycles. The van der Waals surface area contributed by atoms with Gasteiger partial charge in [0.2, 0.25) is 0 Å². The average Bonchev–Trinajstić information content (AvgIpc) is 3.08. The second-order valence-corrected chi connectivity index (χ2v) is 4.52. The van der Waals surface area contributed by atoms with E-state index in [2.05, 4.69) is 5.10 Å². The van der Waals surface area contributed by atoms with Crippen LogP contribution in [-0.2, 0) is 13.2 Å². The van der Waals surface area contributed by atoms with E-state index in [0.29, 0.717) is 22.5 Å². The van der Waals surface area contributed by atoms with Crippen molar-refractivity contribution >= 4 is 16.9 Å². The Morgan fingerprint density at radius 2 is 2.24 bits per heavy atom. The van der Waals surface area contributed by atoms with Crippen LogP contribution >= 0.6 is 0 Å². The van der Waals surface area contributed by atoms with Crippen molar-refractivity contribution in [2.75, 3.05) is 0 Å². The highest BCUT2D eigenvalue weighted by atomic mass is 16.5. The fraction of sp³-hybridized carbons (Fsp3) is 0.200. The topological polar surface area (TPSA) is 77.5 Å². The van der Waals surface area contributed by atoms with Gasteiger partial charge in [0.1, 0.15) is 17.8 Å². The second kappa shape index (κ2) is 5.32. The summed E-state index contributed by atoms with van der Waals surface area (Å²) in [7, 11) is 0. The Bertz CT molecular complexity index is 788. The minimum absolute atomic E-state index is 0.0473. The van der Waals surface area contributed by atoms with E-state index in [4.69, 9.17) is 9.15 Å². The largest absolute Gasteiger partial charge is 0.482 e. The molecule has 1 aromatic carbocycles. The van der Waals surface area contributed by atoms with Gasteiger partial charge in [-0.1, -0.05) is 18.2 Å². The maximum Gasteiger partial charge on any atom is 0.340 e. The number of ether oxygens (including phenoxy) is 1. The number of carboxylic acid groups (broad SMARTS) is 1. The molecule has 0 amide bonds. The lowest BCUT2D eigenvalue weighted by Gasteiger charge is -2.01. The van der Waals surface area contributed by atoms with Crippen LogP contribution in [0.3, 0.4) is 0 Å². The summed E-state index contributed by atoms with van der Waals surface area (Å²) >= 11 is 0. The van der Waals surface area contributed by atoms with Crippen LogP contribution < -0.4 is 4.74 Å². The molecule has 2 aromatic heterocycles. The lowest BCUT2D eigenvalue weighted by atomic mass is 10.1. The molecule has 0 aliphatic heterocycles. The van der Waals surface area contributed by atoms with Crippen molar-refractivity contribution in [2.45, 2.75) is 20.1 Å². The third kappa shape index (κ3) is 2.47. The van der Waals surface area contributed by atoms with E-state index in [1.807, 2.05) is 6.92 Å². The Balaban J connectivity index is 1.89. The molecule has 0 atom stereocenters. The molecular weight excluding hydrogens is 272 g/mol. The van der Waals surface area contributed by atoms with Crippen LogP contribution in [-0.4, -0.2) is 20.9 Å². The first-order valence-electron chi connectivity index (χ1n) is 6.58. The first-order chi connectivity index (χ1) is 10.2. The number of carboxylic acids is 1. The number of aromatic nitrogens is 2. The maximum atomic E-state index is 11.4. The Hall–Kier alpha value is -2.76. The van der Waals surface area contributed by atoms with Gasteiger partial charge >= 0.3 is 5.97 Å². The lowest BCUT2D eigenvalue weighted by Crippen LogP contribution is -2.03. The van der Waals surface area contributed by atoms with Gasteiger partial charge in [-0.05, 0) is 13.0 Å². The molecule has 108 valence electrons. The molecule has 0 fully saturated rings. The summed E-state index contributed by atoms with van der Waals surface area (Å²) in [5.74, 6) is -0.149. The number of rotatable bonds is 5. The first kappa shape index (κ1) is 13.2. The zero-order valence-electron chi connectivity index (χ0n) is 11.4. The van der Waals surface area contributed by atoms with E-state index >= 15 is 0 Å². The van der Waals surface area contributed by atoms with Crippen LogP contribution in [0.1, 0.15) is 23.0 Å². The first-order valence-corrected chi connectivity index (χ1v) is 6.58. The Kier molecular flexibility index (Phi) is 3.35. The van der Waals surface area contributed by atoms with E-state index < -0.39 is 5.97 Å². The smallest absolute Gasteiger partial charge is 0.340 e. The minimum Gasteiger partial charge on any atom is -0.482 e. The molecule has 0 bridgehead atoms. The van der Waals surface area contributed by atoms with E-state index in [0.717, 1.165) is 6.54 Å². The standard InChI is InChI=1S/C15H14N2O4/c1-2-17-8-10(7-16-17)20-9-13-14(15(18)19)11-5-3-4-6-12(11)21-13/h3-8H,2,9H2,1H3,(H,18,19). The van der Waals surface area contributed by atoms with Crippen molar-refractivity contribution in [3.05, 3.63) is 48.0 Å². The summed E-state index contributed by atoms with van der Waals surface area (Å²) in [5, 5.41) is 14.0. The van der Waals surface area contributed by atoms with Crippen LogP contribution in [0.25, 0.3) is 11.0 Å². The van der Waals surface area contributed by atoms with Crippen LogP contribution in [0.2, 0.25) is 0 Å². The number of hydrogen-bond acceptors (Lipinski definition) is 4. The maximum absolute atomic E-state index is 11.4. The number of benzene rings is 1. The molecular formula is C15H14N2O4. The number of aromatic carboxylic acids is 1. The number of fused-ring (bicyclic) bond motifs is 1. The van der Waals surface area contributed by atoms with Crippen LogP contribution in [0.5, 0.6) is 5.75 Å². The molecule has 3 aromatic rings. The number of furan rings is 1. The van der Waals surface area contributed by atoms with E-state index in [-0.39, 0.29) is 12.2 Å². The molecule has 2 heterocycles. The number of aryl methyl sites for hydroxylation is 1. The highest BCUT2D eigenvalue weighted by Gasteiger charge is 2.20. The summed E-state index contributed by atoms with van der Waals surface area (Å²) in [6.45, 7) is 2.76. The van der Waals surface area contributed by atoms with Gasteiger partial charge in [0.25, 0.3) is 0 Å². The van der Waals surface area contributed by atoms with Crippen molar-refractivity contribution in [3.63, 3.8) is 0 Å². The van der Waals surface area contributed by atoms with E-state index in [1.165, 1.54) is 0 Å². The van der Waals surface area contributed by atoms with Gasteiger partial charge in [0.15, 0.2) is 11.5 Å². The van der Waals surface area contributed by atoms with Crippen molar-refractivity contribution in [2.24, 2.45) is 0 Å². The van der Waals surface area contributed by atoms with E-state index in [1.54, 1.807) is 41.3 Å². The van der Waals surface area contributed by atoms with Gasteiger partial charge in [-0.25, -0.2) is 4.79 Å². The molecule has 0 radical (unpaired) electrons. The predicted molar refractivity (Wildman–Crippen MR) is 75.4 cm³/mol. The zero-order chi connectivity index (χ0) is 14.8. The normalized spacial score (nSPS) is 10.9. The van der Waals surface area contributed by atoms with Gasteiger partial charge in [-0.15, -0.1) is 0 Å². The summed E-state index contributed by atoms with van der Waals surface area (Å²) in [4.78, 5) is 11.4. The van der Waals surface area contributed by atoms with Gasteiger partial charge in [-0.3, -0.25) is 4.68 Å². The summed E-state index contributed by atoms with van der Waals surface area (Å²) in [6, 6.07) is 7.04. The summed E-state index contributed by atoms with van der Waals surface area (Å²) in [5.41, 5.74) is 0.686. The zero-order valence-corrected chi connectivity index (χ0v) is 11.4. The Labute approximate surface area is 120 Å². The Morgan fingerprint density at radius 3 is 2.95 bits per heavy atom. The van der Waals surface area contributed by atoms with Crippen molar-refractivity contribution in [1.82, 2.24) is 9.78 Å². The summed E-state index contributed by atoms with van der Waals surface area (Å²) < 4.78 is 12.9. The number of para-hydroxylation sites is 1. The molecule has 0 unspecified atom stereocenters. The van der Waals surface area contributed by atoms with Crippen molar-refractivity contribution in [3.8, 4) is 5.75 Å². The van der Waals surface area contributed by atoms with Gasteiger partial charge in [0.05, 0.1) is 12.4 Å². The number of nitrogens with zero attached hydrogens (tertiary/aromatic N) is 2. The van der Waals surface area contributed by atoms with Crippen molar-refractivity contribution < 1.29 is 19.1 Å². The molecule has 3 rings (SSSR count). The van der Waals surface area contributed by atoms with Gasteiger partial charge in [-0.2, -0.15) is 5.10 Å². The number of hydrogen-bond donors (Lipinski definition) is 1. The third-order valence-corrected chi connectivity index (χ3v) is 3.19. The highest BCUT2D eigenvalue weighted by molar-refractivity contribution is 6.03. The van der Waals surface area contributed by atoms with E-state index in [9.17, 15) is 9.90 Å². The molecule has 6 heteroatoms. The minimum atomic E-state index is -1.03. The Morgan fingerprint density at radius 1 is 1.43 bits per heavy atom. The molecule has 21 heavy (non-hydrogen) atoms.